The average molecular weight is 433 g/mol. The summed E-state index contributed by atoms with van der Waals surface area (Å²) in [7, 11) is 1.79. The van der Waals surface area contributed by atoms with Gasteiger partial charge in [-0.1, -0.05) is 42.8 Å². The second-order valence-corrected chi connectivity index (χ2v) is 9.09. The summed E-state index contributed by atoms with van der Waals surface area (Å²) < 4.78 is 7.83. The summed E-state index contributed by atoms with van der Waals surface area (Å²) in [6.45, 7) is 4.19. The molecule has 0 saturated heterocycles. The van der Waals surface area contributed by atoms with Gasteiger partial charge in [0.2, 0.25) is 0 Å². The average Bonchev–Trinajstić information content (AvgIpc) is 3.01. The first-order valence-corrected chi connectivity index (χ1v) is 11.8. The lowest BCUT2D eigenvalue weighted by atomic mass is 9.91. The quantitative estimate of drug-likeness (QED) is 0.584. The number of fused-ring (bicyclic) bond motifs is 3. The van der Waals surface area contributed by atoms with Gasteiger partial charge >= 0.3 is 6.09 Å². The summed E-state index contributed by atoms with van der Waals surface area (Å²) >= 11 is 0. The fourth-order valence-corrected chi connectivity index (χ4v) is 4.74. The van der Waals surface area contributed by atoms with E-state index < -0.39 is 0 Å². The second-order valence-electron chi connectivity index (χ2n) is 9.09. The third-order valence-electron chi connectivity index (χ3n) is 6.97. The van der Waals surface area contributed by atoms with Crippen LogP contribution in [-0.4, -0.2) is 58.2 Å². The minimum absolute atomic E-state index is 0.292. The lowest BCUT2D eigenvalue weighted by Crippen LogP contribution is -2.41. The molecule has 2 heterocycles. The van der Waals surface area contributed by atoms with Crippen molar-refractivity contribution in [3.8, 4) is 0 Å². The van der Waals surface area contributed by atoms with Crippen molar-refractivity contribution >= 4 is 17.1 Å². The van der Waals surface area contributed by atoms with Gasteiger partial charge in [0, 0.05) is 45.7 Å². The molecule has 168 valence electrons. The van der Waals surface area contributed by atoms with Crippen molar-refractivity contribution in [2.45, 2.75) is 51.3 Å². The van der Waals surface area contributed by atoms with Crippen LogP contribution in [0.25, 0.3) is 11.0 Å². The molecular formula is C26H32N4O2. The number of benzene rings is 2. The van der Waals surface area contributed by atoms with Crippen molar-refractivity contribution in [3.63, 3.8) is 0 Å². The zero-order chi connectivity index (χ0) is 21.9. The smallest absolute Gasteiger partial charge is 0.409 e. The van der Waals surface area contributed by atoms with E-state index in [0.717, 1.165) is 49.6 Å². The molecule has 0 atom stereocenters. The minimum atomic E-state index is -0.292. The van der Waals surface area contributed by atoms with E-state index in [1.165, 1.54) is 36.2 Å². The van der Waals surface area contributed by atoms with E-state index in [9.17, 15) is 4.79 Å². The van der Waals surface area contributed by atoms with E-state index >= 15 is 0 Å². The van der Waals surface area contributed by atoms with Crippen LogP contribution < -0.4 is 0 Å². The van der Waals surface area contributed by atoms with Gasteiger partial charge in [0.25, 0.3) is 0 Å². The zero-order valence-electron chi connectivity index (χ0n) is 18.9. The Kier molecular flexibility index (Phi) is 6.12. The predicted octanol–water partition coefficient (Wildman–Crippen LogP) is 4.26. The van der Waals surface area contributed by atoms with Gasteiger partial charge in [0.1, 0.15) is 12.4 Å². The highest BCUT2D eigenvalue weighted by Crippen LogP contribution is 2.27. The van der Waals surface area contributed by atoms with Crippen molar-refractivity contribution in [3.05, 3.63) is 65.5 Å². The van der Waals surface area contributed by atoms with Crippen LogP contribution in [-0.2, 0) is 30.7 Å². The molecular weight excluding hydrogens is 400 g/mol. The van der Waals surface area contributed by atoms with Crippen molar-refractivity contribution in [1.29, 1.82) is 0 Å². The van der Waals surface area contributed by atoms with Crippen molar-refractivity contribution in [2.24, 2.45) is 0 Å². The van der Waals surface area contributed by atoms with Crippen molar-refractivity contribution in [1.82, 2.24) is 19.4 Å². The first-order chi connectivity index (χ1) is 15.7. The number of carbonyl (C=O) groups excluding carboxylic acids is 1. The molecule has 1 fully saturated rings. The van der Waals surface area contributed by atoms with Crippen LogP contribution in [0.4, 0.5) is 4.79 Å². The maximum atomic E-state index is 12.3. The van der Waals surface area contributed by atoms with Crippen LogP contribution in [0, 0.1) is 0 Å². The van der Waals surface area contributed by atoms with Crippen LogP contribution in [0.2, 0.25) is 0 Å². The maximum Gasteiger partial charge on any atom is 0.409 e. The van der Waals surface area contributed by atoms with Gasteiger partial charge in [0.05, 0.1) is 11.0 Å². The molecule has 0 radical (unpaired) electrons. The highest BCUT2D eigenvalue weighted by atomic mass is 16.6. The fraction of sp³-hybridized carbons (Fsp3) is 0.462. The molecule has 6 nitrogen and oxygen atoms in total. The van der Waals surface area contributed by atoms with E-state index in [1.54, 1.807) is 11.9 Å². The molecule has 1 saturated carbocycles. The summed E-state index contributed by atoms with van der Waals surface area (Å²) in [5.74, 6) is 1.21. The number of rotatable bonds is 6. The number of hydrogen-bond donors (Lipinski definition) is 0. The molecule has 6 heteroatoms. The lowest BCUT2D eigenvalue weighted by molar-refractivity contribution is 0.105. The van der Waals surface area contributed by atoms with Crippen LogP contribution in [0.1, 0.15) is 36.2 Å². The van der Waals surface area contributed by atoms with Gasteiger partial charge < -0.3 is 14.2 Å². The van der Waals surface area contributed by atoms with E-state index in [0.29, 0.717) is 13.2 Å². The largest absolute Gasteiger partial charge is 0.445 e. The van der Waals surface area contributed by atoms with Gasteiger partial charge in [-0.2, -0.15) is 0 Å². The van der Waals surface area contributed by atoms with Crippen LogP contribution >= 0.6 is 0 Å². The van der Waals surface area contributed by atoms with Gasteiger partial charge in [-0.15, -0.1) is 0 Å². The predicted molar refractivity (Wildman–Crippen MR) is 126 cm³/mol. The summed E-state index contributed by atoms with van der Waals surface area (Å²) in [5, 5.41) is 0. The highest BCUT2D eigenvalue weighted by molar-refractivity contribution is 5.77. The molecule has 1 amide bonds. The molecule has 0 N–H and O–H groups in total. The Morgan fingerprint density at radius 1 is 1.09 bits per heavy atom. The summed E-state index contributed by atoms with van der Waals surface area (Å²) in [6.07, 6.45) is 5.62. The van der Waals surface area contributed by atoms with Crippen LogP contribution in [0.3, 0.4) is 0 Å². The Bertz CT molecular complexity index is 1070. The van der Waals surface area contributed by atoms with E-state index in [4.69, 9.17) is 9.72 Å². The number of amides is 1. The molecule has 0 unspecified atom stereocenters. The molecule has 5 rings (SSSR count). The molecule has 2 aliphatic rings. The van der Waals surface area contributed by atoms with Gasteiger partial charge in [0.15, 0.2) is 0 Å². The Labute approximate surface area is 189 Å². The highest BCUT2D eigenvalue weighted by Gasteiger charge is 2.27. The van der Waals surface area contributed by atoms with Crippen molar-refractivity contribution < 1.29 is 9.53 Å². The standard InChI is InChI=1S/C26H32N4O2/c1-28(26(31)32-19-21-6-3-2-4-7-21)14-12-20-10-11-24-23(18-20)27-25-13-15-29(16-17-30(24)25)22-8-5-9-22/h2-4,6-7,10-11,18,22H,5,8-9,12-17,19H2,1H3. The van der Waals surface area contributed by atoms with Crippen molar-refractivity contribution in [2.75, 3.05) is 26.7 Å². The Balaban J connectivity index is 1.17. The lowest BCUT2D eigenvalue weighted by Gasteiger charge is -2.36. The number of nitrogens with zero attached hydrogens (tertiary/aromatic N) is 4. The molecule has 0 spiro atoms. The molecule has 1 aromatic heterocycles. The Morgan fingerprint density at radius 2 is 1.94 bits per heavy atom. The number of ether oxygens (including phenoxy) is 1. The van der Waals surface area contributed by atoms with E-state index in [2.05, 4.69) is 27.7 Å². The number of likely N-dealkylation sites (N-methyl/N-ethyl adjacent to an activating group) is 1. The molecule has 3 aromatic rings. The molecule has 1 aliphatic heterocycles. The third-order valence-corrected chi connectivity index (χ3v) is 6.97. The normalized spacial score (nSPS) is 16.9. The Hall–Kier alpha value is -2.86. The number of aromatic nitrogens is 2. The second kappa shape index (κ2) is 9.33. The number of carbonyl (C=O) groups is 1. The number of hydrogen-bond acceptors (Lipinski definition) is 4. The Morgan fingerprint density at radius 3 is 2.72 bits per heavy atom. The maximum absolute atomic E-state index is 12.3. The molecule has 2 aromatic carbocycles. The topological polar surface area (TPSA) is 50.6 Å². The monoisotopic (exact) mass is 432 g/mol. The van der Waals surface area contributed by atoms with Gasteiger partial charge in [-0.05, 0) is 42.5 Å². The molecule has 1 aliphatic carbocycles. The summed E-state index contributed by atoms with van der Waals surface area (Å²) in [5.41, 5.74) is 4.50. The zero-order valence-corrected chi connectivity index (χ0v) is 18.9. The summed E-state index contributed by atoms with van der Waals surface area (Å²) in [6, 6.07) is 17.1. The van der Waals surface area contributed by atoms with E-state index in [-0.39, 0.29) is 6.09 Å². The van der Waals surface area contributed by atoms with Gasteiger partial charge in [-0.3, -0.25) is 4.90 Å². The first kappa shape index (κ1) is 21.0. The van der Waals surface area contributed by atoms with Crippen LogP contribution in [0.5, 0.6) is 0 Å². The minimum Gasteiger partial charge on any atom is -0.445 e. The van der Waals surface area contributed by atoms with Crippen LogP contribution in [0.15, 0.2) is 48.5 Å². The fourth-order valence-electron chi connectivity index (χ4n) is 4.74. The number of imidazole rings is 1. The summed E-state index contributed by atoms with van der Waals surface area (Å²) in [4.78, 5) is 21.6. The molecule has 0 bridgehead atoms. The third kappa shape index (κ3) is 4.51. The SMILES string of the molecule is CN(CCc1ccc2c(c1)nc1n2CCN(C2CCC2)CC1)C(=O)OCc1ccccc1. The molecule has 32 heavy (non-hydrogen) atoms. The first-order valence-electron chi connectivity index (χ1n) is 11.8. The van der Waals surface area contributed by atoms with Gasteiger partial charge in [-0.25, -0.2) is 9.78 Å². The van der Waals surface area contributed by atoms with E-state index in [1.807, 2.05) is 30.3 Å².